The number of hydrogen-bond acceptors (Lipinski definition) is 3. The van der Waals surface area contributed by atoms with E-state index in [2.05, 4.69) is 6.92 Å². The summed E-state index contributed by atoms with van der Waals surface area (Å²) in [4.78, 5) is 0. The van der Waals surface area contributed by atoms with Crippen LogP contribution in [0.2, 0.25) is 0 Å². The quantitative estimate of drug-likeness (QED) is 0.653. The maximum absolute atomic E-state index is 5.60. The lowest BCUT2D eigenvalue weighted by Crippen LogP contribution is -2.25. The van der Waals surface area contributed by atoms with Crippen molar-refractivity contribution < 1.29 is 9.47 Å². The molecular weight excluding hydrogens is 142 g/mol. The summed E-state index contributed by atoms with van der Waals surface area (Å²) in [6, 6.07) is 0. The van der Waals surface area contributed by atoms with Crippen LogP contribution in [0.5, 0.6) is 0 Å². The van der Waals surface area contributed by atoms with Gasteiger partial charge >= 0.3 is 0 Å². The number of rotatable bonds is 3. The summed E-state index contributed by atoms with van der Waals surface area (Å²) >= 11 is 0. The molecule has 2 N–H and O–H groups in total. The van der Waals surface area contributed by atoms with Gasteiger partial charge in [-0.25, -0.2) is 0 Å². The molecular formula is C8H17NO2. The van der Waals surface area contributed by atoms with Gasteiger partial charge in [0.15, 0.2) is 0 Å². The minimum Gasteiger partial charge on any atom is -0.379 e. The molecule has 1 rings (SSSR count). The normalized spacial score (nSPS) is 37.9. The highest BCUT2D eigenvalue weighted by atomic mass is 16.6. The predicted octanol–water partition coefficient (Wildman–Crippen LogP) is 0.528. The maximum atomic E-state index is 5.60. The SMILES string of the molecule is CO[C@@H]1C[C@H](C)OC1CCN. The van der Waals surface area contributed by atoms with E-state index in [1.54, 1.807) is 7.11 Å². The van der Waals surface area contributed by atoms with Crippen LogP contribution in [-0.2, 0) is 9.47 Å². The molecule has 3 nitrogen and oxygen atoms in total. The average molecular weight is 159 g/mol. The molecule has 1 aliphatic heterocycles. The van der Waals surface area contributed by atoms with Crippen LogP contribution in [0.4, 0.5) is 0 Å². The Bertz CT molecular complexity index is 119. The van der Waals surface area contributed by atoms with Gasteiger partial charge in [0.05, 0.1) is 18.3 Å². The van der Waals surface area contributed by atoms with Crippen LogP contribution in [0.25, 0.3) is 0 Å². The predicted molar refractivity (Wildman–Crippen MR) is 43.4 cm³/mol. The van der Waals surface area contributed by atoms with Gasteiger partial charge < -0.3 is 15.2 Å². The Hall–Kier alpha value is -0.120. The summed E-state index contributed by atoms with van der Waals surface area (Å²) < 4.78 is 10.9. The third-order valence-electron chi connectivity index (χ3n) is 2.14. The Kier molecular flexibility index (Phi) is 3.30. The molecule has 3 atom stereocenters. The molecule has 0 aromatic heterocycles. The number of hydrogen-bond donors (Lipinski definition) is 1. The molecule has 0 aromatic rings. The first kappa shape index (κ1) is 8.97. The molecule has 0 spiro atoms. The lowest BCUT2D eigenvalue weighted by atomic mass is 10.1. The van der Waals surface area contributed by atoms with E-state index in [4.69, 9.17) is 15.2 Å². The Balaban J connectivity index is 2.37. The van der Waals surface area contributed by atoms with Crippen LogP contribution >= 0.6 is 0 Å². The molecule has 1 saturated heterocycles. The van der Waals surface area contributed by atoms with Crippen LogP contribution in [0, 0.1) is 0 Å². The first-order chi connectivity index (χ1) is 5.27. The second kappa shape index (κ2) is 4.04. The Morgan fingerprint density at radius 3 is 2.91 bits per heavy atom. The Morgan fingerprint density at radius 1 is 1.64 bits per heavy atom. The molecule has 0 bridgehead atoms. The third kappa shape index (κ3) is 2.15. The zero-order valence-electron chi connectivity index (χ0n) is 7.25. The van der Waals surface area contributed by atoms with Crippen molar-refractivity contribution in [2.45, 2.75) is 38.1 Å². The van der Waals surface area contributed by atoms with Gasteiger partial charge in [-0.3, -0.25) is 0 Å². The highest BCUT2D eigenvalue weighted by Crippen LogP contribution is 2.23. The topological polar surface area (TPSA) is 44.5 Å². The summed E-state index contributed by atoms with van der Waals surface area (Å²) in [5.41, 5.74) is 5.44. The molecule has 0 aromatic carbocycles. The summed E-state index contributed by atoms with van der Waals surface area (Å²) in [6.45, 7) is 2.75. The maximum Gasteiger partial charge on any atom is 0.0858 e. The van der Waals surface area contributed by atoms with E-state index < -0.39 is 0 Å². The van der Waals surface area contributed by atoms with E-state index in [9.17, 15) is 0 Å². The molecule has 0 saturated carbocycles. The molecule has 11 heavy (non-hydrogen) atoms. The monoisotopic (exact) mass is 159 g/mol. The highest BCUT2D eigenvalue weighted by molar-refractivity contribution is 4.81. The first-order valence-corrected chi connectivity index (χ1v) is 4.16. The number of methoxy groups -OCH3 is 1. The minimum atomic E-state index is 0.222. The van der Waals surface area contributed by atoms with Crippen molar-refractivity contribution in [2.24, 2.45) is 5.73 Å². The zero-order valence-corrected chi connectivity index (χ0v) is 7.25. The second-order valence-corrected chi connectivity index (χ2v) is 3.07. The number of ether oxygens (including phenoxy) is 2. The van der Waals surface area contributed by atoms with Gasteiger partial charge in [0.1, 0.15) is 0 Å². The van der Waals surface area contributed by atoms with E-state index >= 15 is 0 Å². The van der Waals surface area contributed by atoms with Crippen molar-refractivity contribution in [3.63, 3.8) is 0 Å². The Labute approximate surface area is 67.9 Å². The van der Waals surface area contributed by atoms with Crippen molar-refractivity contribution in [1.29, 1.82) is 0 Å². The summed E-state index contributed by atoms with van der Waals surface area (Å²) in [6.07, 6.45) is 2.72. The van der Waals surface area contributed by atoms with E-state index in [0.717, 1.165) is 12.8 Å². The molecule has 0 amide bonds. The molecule has 1 unspecified atom stereocenters. The van der Waals surface area contributed by atoms with Gasteiger partial charge in [0, 0.05) is 13.5 Å². The molecule has 0 aliphatic carbocycles. The van der Waals surface area contributed by atoms with Crippen molar-refractivity contribution >= 4 is 0 Å². The van der Waals surface area contributed by atoms with Gasteiger partial charge in [0.2, 0.25) is 0 Å². The van der Waals surface area contributed by atoms with Gasteiger partial charge in [0.25, 0.3) is 0 Å². The van der Waals surface area contributed by atoms with Crippen molar-refractivity contribution in [1.82, 2.24) is 0 Å². The zero-order chi connectivity index (χ0) is 8.27. The molecule has 1 fully saturated rings. The summed E-state index contributed by atoms with van der Waals surface area (Å²) in [5, 5.41) is 0. The molecule has 1 aliphatic rings. The lowest BCUT2D eigenvalue weighted by Gasteiger charge is -2.15. The van der Waals surface area contributed by atoms with Gasteiger partial charge in [-0.2, -0.15) is 0 Å². The van der Waals surface area contributed by atoms with Crippen LogP contribution in [-0.4, -0.2) is 32.0 Å². The van der Waals surface area contributed by atoms with E-state index in [1.165, 1.54) is 0 Å². The van der Waals surface area contributed by atoms with Crippen LogP contribution < -0.4 is 5.73 Å². The highest BCUT2D eigenvalue weighted by Gasteiger charge is 2.31. The fraction of sp³-hybridized carbons (Fsp3) is 1.00. The van der Waals surface area contributed by atoms with Crippen molar-refractivity contribution in [2.75, 3.05) is 13.7 Å². The first-order valence-electron chi connectivity index (χ1n) is 4.16. The van der Waals surface area contributed by atoms with Gasteiger partial charge in [-0.1, -0.05) is 0 Å². The van der Waals surface area contributed by atoms with Crippen LogP contribution in [0.1, 0.15) is 19.8 Å². The van der Waals surface area contributed by atoms with E-state index in [1.807, 2.05) is 0 Å². The van der Waals surface area contributed by atoms with E-state index in [0.29, 0.717) is 12.6 Å². The minimum absolute atomic E-state index is 0.222. The third-order valence-corrected chi connectivity index (χ3v) is 2.14. The van der Waals surface area contributed by atoms with Crippen molar-refractivity contribution in [3.8, 4) is 0 Å². The number of nitrogens with two attached hydrogens (primary N) is 1. The molecule has 66 valence electrons. The summed E-state index contributed by atoms with van der Waals surface area (Å²) in [7, 11) is 1.73. The molecule has 0 radical (unpaired) electrons. The molecule has 3 heteroatoms. The average Bonchev–Trinajstić information content (AvgIpc) is 2.32. The largest absolute Gasteiger partial charge is 0.379 e. The van der Waals surface area contributed by atoms with Crippen molar-refractivity contribution in [3.05, 3.63) is 0 Å². The van der Waals surface area contributed by atoms with Crippen LogP contribution in [0.3, 0.4) is 0 Å². The van der Waals surface area contributed by atoms with E-state index in [-0.39, 0.29) is 12.2 Å². The fourth-order valence-electron chi connectivity index (χ4n) is 1.59. The Morgan fingerprint density at radius 2 is 2.36 bits per heavy atom. The van der Waals surface area contributed by atoms with Crippen LogP contribution in [0.15, 0.2) is 0 Å². The summed E-state index contributed by atoms with van der Waals surface area (Å²) in [5.74, 6) is 0. The standard InChI is InChI=1S/C8H17NO2/c1-6-5-8(10-2)7(11-6)3-4-9/h6-8H,3-5,9H2,1-2H3/t6-,7?,8+/m0/s1. The van der Waals surface area contributed by atoms with Gasteiger partial charge in [-0.15, -0.1) is 0 Å². The lowest BCUT2D eigenvalue weighted by molar-refractivity contribution is -0.00379. The second-order valence-electron chi connectivity index (χ2n) is 3.07. The molecule has 1 heterocycles. The fourth-order valence-corrected chi connectivity index (χ4v) is 1.59. The van der Waals surface area contributed by atoms with Gasteiger partial charge in [-0.05, 0) is 19.9 Å². The smallest absolute Gasteiger partial charge is 0.0858 e.